The van der Waals surface area contributed by atoms with E-state index in [0.29, 0.717) is 5.92 Å². The molecule has 0 spiro atoms. The normalized spacial score (nSPS) is 50.3. The third-order valence-corrected chi connectivity index (χ3v) is 5.40. The number of aliphatic hydroxyl groups is 1. The van der Waals surface area contributed by atoms with Crippen molar-refractivity contribution >= 4 is 11.8 Å². The number of nitrogens with zero attached hydrogens (tertiary/aromatic N) is 1. The lowest BCUT2D eigenvalue weighted by molar-refractivity contribution is -0.160. The largest absolute Gasteiger partial charge is 0.394 e. The number of carbonyl (C=O) groups excluding carboxylic acids is 2. The SMILES string of the molecule is C[C@@]12C[C@H]3CC[C@H](CO)N(C1=O)C(=O)[C@]32C. The van der Waals surface area contributed by atoms with Gasteiger partial charge in [0.05, 0.1) is 23.5 Å². The topological polar surface area (TPSA) is 57.6 Å². The molecule has 3 aliphatic rings. The van der Waals surface area contributed by atoms with Crippen LogP contribution < -0.4 is 0 Å². The summed E-state index contributed by atoms with van der Waals surface area (Å²) >= 11 is 0. The minimum Gasteiger partial charge on any atom is -0.394 e. The predicted octanol–water partition coefficient (Wildman–Crippen LogP) is 0.542. The highest BCUT2D eigenvalue weighted by Crippen LogP contribution is 2.68. The van der Waals surface area contributed by atoms with Crippen LogP contribution in [0.15, 0.2) is 0 Å². The van der Waals surface area contributed by atoms with Crippen LogP contribution in [0.4, 0.5) is 0 Å². The summed E-state index contributed by atoms with van der Waals surface area (Å²) in [6.07, 6.45) is 2.54. The Balaban J connectivity index is 2.13. The van der Waals surface area contributed by atoms with Crippen LogP contribution in [0.5, 0.6) is 0 Å². The fourth-order valence-corrected chi connectivity index (χ4v) is 3.97. The summed E-state index contributed by atoms with van der Waals surface area (Å²) in [6.45, 7) is 3.74. The van der Waals surface area contributed by atoms with E-state index >= 15 is 0 Å². The molecule has 2 bridgehead atoms. The molecule has 1 saturated carbocycles. The van der Waals surface area contributed by atoms with Gasteiger partial charge in [-0.15, -0.1) is 0 Å². The molecule has 16 heavy (non-hydrogen) atoms. The Hall–Kier alpha value is -0.900. The fraction of sp³-hybridized carbons (Fsp3) is 0.833. The zero-order chi connectivity index (χ0) is 11.7. The molecular weight excluding hydrogens is 206 g/mol. The van der Waals surface area contributed by atoms with Crippen molar-refractivity contribution in [2.24, 2.45) is 16.7 Å². The van der Waals surface area contributed by atoms with E-state index in [4.69, 9.17) is 0 Å². The number of hydrogen-bond acceptors (Lipinski definition) is 3. The van der Waals surface area contributed by atoms with Crippen molar-refractivity contribution in [3.63, 3.8) is 0 Å². The van der Waals surface area contributed by atoms with Crippen LogP contribution in [0.1, 0.15) is 33.1 Å². The average molecular weight is 223 g/mol. The van der Waals surface area contributed by atoms with Gasteiger partial charge in [0.15, 0.2) is 0 Å². The summed E-state index contributed by atoms with van der Waals surface area (Å²) in [4.78, 5) is 26.0. The lowest BCUT2D eigenvalue weighted by atomic mass is 9.45. The highest BCUT2D eigenvalue weighted by molar-refractivity contribution is 6.11. The Labute approximate surface area is 94.6 Å². The molecule has 2 aliphatic heterocycles. The van der Waals surface area contributed by atoms with E-state index in [1.54, 1.807) is 0 Å². The molecule has 4 nitrogen and oxygen atoms in total. The molecule has 3 rings (SSSR count). The first-order chi connectivity index (χ1) is 7.46. The van der Waals surface area contributed by atoms with Gasteiger partial charge in [0.2, 0.25) is 11.8 Å². The zero-order valence-electron chi connectivity index (χ0n) is 9.69. The van der Waals surface area contributed by atoms with E-state index in [9.17, 15) is 14.7 Å². The summed E-state index contributed by atoms with van der Waals surface area (Å²) in [5.41, 5.74) is -0.989. The molecule has 0 aromatic rings. The van der Waals surface area contributed by atoms with Crippen molar-refractivity contribution in [1.82, 2.24) is 4.90 Å². The van der Waals surface area contributed by atoms with Crippen molar-refractivity contribution in [1.29, 1.82) is 0 Å². The monoisotopic (exact) mass is 223 g/mol. The molecule has 0 unspecified atom stereocenters. The third-order valence-electron chi connectivity index (χ3n) is 5.40. The van der Waals surface area contributed by atoms with E-state index < -0.39 is 10.8 Å². The van der Waals surface area contributed by atoms with Crippen LogP contribution in [-0.2, 0) is 9.59 Å². The summed E-state index contributed by atoms with van der Waals surface area (Å²) in [6, 6.07) is -0.286. The number of carbonyl (C=O) groups is 2. The van der Waals surface area contributed by atoms with Gasteiger partial charge in [0, 0.05) is 0 Å². The van der Waals surface area contributed by atoms with Crippen LogP contribution in [0.3, 0.4) is 0 Å². The van der Waals surface area contributed by atoms with Crippen LogP contribution in [0.25, 0.3) is 0 Å². The van der Waals surface area contributed by atoms with Gasteiger partial charge in [-0.05, 0) is 39.0 Å². The molecule has 1 N–H and O–H groups in total. The molecule has 4 heteroatoms. The molecule has 3 fully saturated rings. The standard InChI is InChI=1S/C12H17NO3/c1-11-5-7-3-4-8(6-14)13(9(11)15)10(16)12(7,11)2/h7-8,14H,3-6H2,1-2H3/t7-,8-,11-,12+/m1/s1. The average Bonchev–Trinajstić information content (AvgIpc) is 2.36. The Kier molecular flexibility index (Phi) is 1.71. The maximum Gasteiger partial charge on any atom is 0.236 e. The Bertz CT molecular complexity index is 394. The molecule has 4 atom stereocenters. The van der Waals surface area contributed by atoms with Gasteiger partial charge < -0.3 is 5.11 Å². The molecule has 2 heterocycles. The maximum absolute atomic E-state index is 12.3. The minimum atomic E-state index is -0.497. The third kappa shape index (κ3) is 0.764. The second kappa shape index (κ2) is 2.67. The number of amides is 2. The Morgan fingerprint density at radius 2 is 2.00 bits per heavy atom. The van der Waals surface area contributed by atoms with Crippen molar-refractivity contribution in [3.05, 3.63) is 0 Å². The molecule has 1 aliphatic carbocycles. The fourth-order valence-electron chi connectivity index (χ4n) is 3.97. The first kappa shape index (κ1) is 10.3. The number of imide groups is 1. The van der Waals surface area contributed by atoms with Crippen molar-refractivity contribution in [2.45, 2.75) is 39.2 Å². The van der Waals surface area contributed by atoms with Crippen molar-refractivity contribution in [3.8, 4) is 0 Å². The summed E-state index contributed by atoms with van der Waals surface area (Å²) in [7, 11) is 0. The lowest BCUT2D eigenvalue weighted by Gasteiger charge is -2.54. The molecule has 0 aromatic heterocycles. The number of rotatable bonds is 1. The Morgan fingerprint density at radius 1 is 1.31 bits per heavy atom. The Morgan fingerprint density at radius 3 is 2.62 bits per heavy atom. The highest BCUT2D eigenvalue weighted by Gasteiger charge is 2.75. The van der Waals surface area contributed by atoms with Gasteiger partial charge in [-0.25, -0.2) is 0 Å². The summed E-state index contributed by atoms with van der Waals surface area (Å²) in [5, 5.41) is 9.29. The van der Waals surface area contributed by atoms with E-state index in [2.05, 4.69) is 0 Å². The van der Waals surface area contributed by atoms with Crippen LogP contribution in [-0.4, -0.2) is 34.5 Å². The van der Waals surface area contributed by atoms with E-state index in [0.717, 1.165) is 19.3 Å². The highest BCUT2D eigenvalue weighted by atomic mass is 16.3. The van der Waals surface area contributed by atoms with Gasteiger partial charge >= 0.3 is 0 Å². The smallest absolute Gasteiger partial charge is 0.236 e. The van der Waals surface area contributed by atoms with Crippen LogP contribution >= 0.6 is 0 Å². The molecular formula is C12H17NO3. The summed E-state index contributed by atoms with van der Waals surface area (Å²) in [5.74, 6) is 0.221. The van der Waals surface area contributed by atoms with E-state index in [-0.39, 0.29) is 24.5 Å². The van der Waals surface area contributed by atoms with Crippen molar-refractivity contribution in [2.75, 3.05) is 6.61 Å². The minimum absolute atomic E-state index is 0.0483. The molecule has 2 amide bonds. The molecule has 0 radical (unpaired) electrons. The predicted molar refractivity (Wildman–Crippen MR) is 56.3 cm³/mol. The quantitative estimate of drug-likeness (QED) is 0.660. The number of hydrogen-bond donors (Lipinski definition) is 1. The van der Waals surface area contributed by atoms with Crippen LogP contribution in [0.2, 0.25) is 0 Å². The number of fused-ring (bicyclic) bond motifs is 1. The second-order valence-electron chi connectivity index (χ2n) is 5.83. The number of aliphatic hydroxyl groups excluding tert-OH is 1. The molecule has 2 saturated heterocycles. The molecule has 88 valence electrons. The van der Waals surface area contributed by atoms with Crippen LogP contribution in [0, 0.1) is 16.7 Å². The van der Waals surface area contributed by atoms with E-state index in [1.807, 2.05) is 13.8 Å². The second-order valence-corrected chi connectivity index (χ2v) is 5.83. The summed E-state index contributed by atoms with van der Waals surface area (Å²) < 4.78 is 0. The van der Waals surface area contributed by atoms with Gasteiger partial charge in [-0.1, -0.05) is 0 Å². The first-order valence-corrected chi connectivity index (χ1v) is 5.96. The first-order valence-electron chi connectivity index (χ1n) is 5.96. The van der Waals surface area contributed by atoms with Crippen molar-refractivity contribution < 1.29 is 14.7 Å². The lowest BCUT2D eigenvalue weighted by Crippen LogP contribution is -2.57. The van der Waals surface area contributed by atoms with E-state index in [1.165, 1.54) is 4.90 Å². The van der Waals surface area contributed by atoms with Gasteiger partial charge in [0.1, 0.15) is 0 Å². The zero-order valence-corrected chi connectivity index (χ0v) is 9.69. The molecule has 0 aromatic carbocycles. The van der Waals surface area contributed by atoms with Gasteiger partial charge in [0.25, 0.3) is 0 Å². The van der Waals surface area contributed by atoms with Gasteiger partial charge in [-0.2, -0.15) is 0 Å². The maximum atomic E-state index is 12.3. The van der Waals surface area contributed by atoms with Gasteiger partial charge in [-0.3, -0.25) is 14.5 Å².